The molecule has 140 valence electrons. The zero-order valence-corrected chi connectivity index (χ0v) is 17.7. The molecular weight excluding hydrogens is 490 g/mol. The maximum atomic E-state index is 12.6. The fourth-order valence-electron chi connectivity index (χ4n) is 2.49. The van der Waals surface area contributed by atoms with Crippen molar-refractivity contribution in [2.24, 2.45) is 0 Å². The Bertz CT molecular complexity index is 1080. The summed E-state index contributed by atoms with van der Waals surface area (Å²) >= 11 is 2.19. The molecule has 3 rings (SSSR count). The van der Waals surface area contributed by atoms with Gasteiger partial charge in [0.25, 0.3) is 5.91 Å². The Morgan fingerprint density at radius 1 is 1.36 bits per heavy atom. The molecule has 3 heterocycles. The first-order chi connectivity index (χ1) is 13.5. The molecule has 0 bridgehead atoms. The Balaban J connectivity index is 1.90. The first-order valence-electron chi connectivity index (χ1n) is 7.94. The topological polar surface area (TPSA) is 128 Å². The largest absolute Gasteiger partial charge is 0.472 e. The zero-order chi connectivity index (χ0) is 20.1. The second kappa shape index (κ2) is 8.91. The van der Waals surface area contributed by atoms with Crippen LogP contribution < -0.4 is 10.4 Å². The average molecular weight is 504 g/mol. The van der Waals surface area contributed by atoms with Gasteiger partial charge in [0.2, 0.25) is 0 Å². The van der Waals surface area contributed by atoms with E-state index in [0.717, 1.165) is 0 Å². The van der Waals surface area contributed by atoms with Gasteiger partial charge in [-0.2, -0.15) is 5.26 Å². The Morgan fingerprint density at radius 2 is 2.18 bits per heavy atom. The number of aryl methyl sites for hydroxylation is 1. The van der Waals surface area contributed by atoms with E-state index in [2.05, 4.69) is 42.4 Å². The molecule has 0 fully saturated rings. The molecule has 0 aliphatic carbocycles. The monoisotopic (exact) mass is 504 g/mol. The van der Waals surface area contributed by atoms with Gasteiger partial charge in [-0.3, -0.25) is 10.2 Å². The molecule has 0 spiro atoms. The first-order valence-corrected chi connectivity index (χ1v) is 12.1. The minimum atomic E-state index is -0.438. The van der Waals surface area contributed by atoms with Crippen LogP contribution in [0.5, 0.6) is 0 Å². The number of carbonyl (C=O) groups is 1. The van der Waals surface area contributed by atoms with E-state index in [1.807, 2.05) is 6.07 Å². The predicted molar refractivity (Wildman–Crippen MR) is 116 cm³/mol. The van der Waals surface area contributed by atoms with E-state index in [4.69, 9.17) is 15.1 Å². The van der Waals surface area contributed by atoms with Crippen LogP contribution in [0, 0.1) is 23.7 Å². The number of anilines is 2. The molecule has 3 aromatic heterocycles. The molecule has 10 heteroatoms. The van der Waals surface area contributed by atoms with Gasteiger partial charge < -0.3 is 14.8 Å². The first kappa shape index (κ1) is 19.9. The number of aromatic nitrogens is 2. The van der Waals surface area contributed by atoms with Crippen LogP contribution >= 0.6 is 28.4 Å². The lowest BCUT2D eigenvalue weighted by Crippen LogP contribution is -2.17. The van der Waals surface area contributed by atoms with Gasteiger partial charge in [-0.1, -0.05) is 0 Å². The maximum absolute atomic E-state index is 12.6. The van der Waals surface area contributed by atoms with Gasteiger partial charge in [-0.25, -0.2) is 9.97 Å². The highest BCUT2D eigenvalue weighted by atomic mass is 127. The fraction of sp³-hybridized carbons (Fsp3) is 0.0556. The number of carbonyl (C=O) groups excluding carboxylic acids is 1. The summed E-state index contributed by atoms with van der Waals surface area (Å²) in [6.07, 6.45) is 6.31. The Morgan fingerprint density at radius 3 is 2.82 bits per heavy atom. The highest BCUT2D eigenvalue weighted by Gasteiger charge is 2.16. The number of rotatable bonds is 6. The lowest BCUT2D eigenvalue weighted by atomic mass is 10.0. The van der Waals surface area contributed by atoms with Crippen LogP contribution in [0.25, 0.3) is 0 Å². The van der Waals surface area contributed by atoms with Crippen molar-refractivity contribution in [1.29, 1.82) is 10.7 Å². The summed E-state index contributed by atoms with van der Waals surface area (Å²) in [5.41, 5.74) is 3.32. The molecule has 1 atom stereocenters. The van der Waals surface area contributed by atoms with Crippen LogP contribution in [0.2, 0.25) is 0 Å². The minimum Gasteiger partial charge on any atom is -0.472 e. The molecule has 0 aromatic carbocycles. The van der Waals surface area contributed by atoms with E-state index in [9.17, 15) is 4.79 Å². The number of amides is 1. The second-order valence-electron chi connectivity index (χ2n) is 5.68. The Kier molecular flexibility index (Phi) is 6.34. The number of furan rings is 1. The zero-order valence-electron chi connectivity index (χ0n) is 14.6. The van der Waals surface area contributed by atoms with E-state index < -0.39 is 5.91 Å². The molecule has 3 aromatic rings. The maximum Gasteiger partial charge on any atom is 0.275 e. The Labute approximate surface area is 175 Å². The number of halogens is 1. The number of pyridine rings is 2. The van der Waals surface area contributed by atoms with Crippen molar-refractivity contribution >= 4 is 51.5 Å². The van der Waals surface area contributed by atoms with E-state index in [1.54, 1.807) is 31.3 Å². The predicted octanol–water partition coefficient (Wildman–Crippen LogP) is 4.27. The van der Waals surface area contributed by atoms with Gasteiger partial charge in [-0.05, 0) is 52.7 Å². The van der Waals surface area contributed by atoms with Gasteiger partial charge in [-0.15, -0.1) is 0 Å². The molecule has 0 saturated heterocycles. The van der Waals surface area contributed by atoms with E-state index in [1.165, 1.54) is 18.7 Å². The molecule has 1 unspecified atom stereocenters. The number of nitrogens with one attached hydrogen (secondary N) is 3. The van der Waals surface area contributed by atoms with E-state index in [-0.39, 0.29) is 11.4 Å². The average Bonchev–Trinajstić information content (AvgIpc) is 3.23. The van der Waals surface area contributed by atoms with Crippen molar-refractivity contribution in [3.8, 4) is 6.07 Å². The molecule has 28 heavy (non-hydrogen) atoms. The summed E-state index contributed by atoms with van der Waals surface area (Å²) in [5, 5.41) is 23.3. The summed E-state index contributed by atoms with van der Waals surface area (Å²) in [5.74, 6) is -0.145. The van der Waals surface area contributed by atoms with Gasteiger partial charge >= 0.3 is 0 Å². The van der Waals surface area contributed by atoms with Gasteiger partial charge in [0.15, 0.2) is 0 Å². The molecule has 0 aliphatic heterocycles. The number of hydrogen-bond donors (Lipinski definition) is 3. The van der Waals surface area contributed by atoms with Crippen LogP contribution in [-0.2, 0) is 0 Å². The summed E-state index contributed by atoms with van der Waals surface area (Å²) in [4.78, 5) is 20.9. The third kappa shape index (κ3) is 4.35. The smallest absolute Gasteiger partial charge is 0.275 e. The molecular formula is C18H14IN6O2P. The summed E-state index contributed by atoms with van der Waals surface area (Å²) in [6.45, 7) is 1.71. The van der Waals surface area contributed by atoms with Gasteiger partial charge in [0, 0.05) is 23.7 Å². The quantitative estimate of drug-likeness (QED) is 0.261. The number of nitriles is 1. The highest BCUT2D eigenvalue weighted by molar-refractivity contribution is 14.2. The standard InChI is InChI=1S/C18H14IN6O2P/c1-10-4-11(6-20)7-23-17(10)18(26)24-15-5-13(14(8-22-15)25-28-19)16(21)12-2-3-27-9-12/h2-5,7-9,21,25,28H,1H3,(H,22,24,26). The van der Waals surface area contributed by atoms with E-state index >= 15 is 0 Å². The van der Waals surface area contributed by atoms with E-state index in [0.29, 0.717) is 40.1 Å². The number of hydrogen-bond acceptors (Lipinski definition) is 7. The third-order valence-corrected chi connectivity index (χ3v) is 5.00. The molecule has 0 saturated carbocycles. The van der Waals surface area contributed by atoms with Gasteiger partial charge in [0.05, 0.1) is 35.7 Å². The normalized spacial score (nSPS) is 10.6. The lowest BCUT2D eigenvalue weighted by Gasteiger charge is -2.13. The van der Waals surface area contributed by atoms with Crippen LogP contribution in [-0.4, -0.2) is 21.6 Å². The van der Waals surface area contributed by atoms with Crippen molar-refractivity contribution in [2.45, 2.75) is 6.92 Å². The van der Waals surface area contributed by atoms with Gasteiger partial charge in [0.1, 0.15) is 17.6 Å². The van der Waals surface area contributed by atoms with Crippen molar-refractivity contribution in [3.63, 3.8) is 0 Å². The van der Waals surface area contributed by atoms with Crippen molar-refractivity contribution in [2.75, 3.05) is 10.4 Å². The SMILES string of the molecule is Cc1cc(C#N)cnc1C(=O)Nc1cc(C(=N)c2ccoc2)c(NPI)cn1. The molecule has 0 aliphatic rings. The molecule has 1 amide bonds. The lowest BCUT2D eigenvalue weighted by molar-refractivity contribution is 0.102. The molecule has 0 radical (unpaired) electrons. The summed E-state index contributed by atoms with van der Waals surface area (Å²) < 4.78 is 5.06. The van der Waals surface area contributed by atoms with Crippen LogP contribution in [0.3, 0.4) is 0 Å². The van der Waals surface area contributed by atoms with Crippen molar-refractivity contribution in [3.05, 3.63) is 71.1 Å². The van der Waals surface area contributed by atoms with Crippen LogP contribution in [0.1, 0.15) is 32.7 Å². The highest BCUT2D eigenvalue weighted by Crippen LogP contribution is 2.29. The summed E-state index contributed by atoms with van der Waals surface area (Å²) in [7, 11) is 0. The Hall–Kier alpha value is -2.83. The van der Waals surface area contributed by atoms with Crippen LogP contribution in [0.15, 0.2) is 47.5 Å². The van der Waals surface area contributed by atoms with Crippen molar-refractivity contribution in [1.82, 2.24) is 9.97 Å². The summed E-state index contributed by atoms with van der Waals surface area (Å²) in [6, 6.07) is 6.92. The second-order valence-corrected chi connectivity index (χ2v) is 7.73. The van der Waals surface area contributed by atoms with Crippen LogP contribution in [0.4, 0.5) is 11.5 Å². The number of nitrogens with zero attached hydrogens (tertiary/aromatic N) is 3. The van der Waals surface area contributed by atoms with Crippen molar-refractivity contribution < 1.29 is 9.21 Å². The molecule has 3 N–H and O–H groups in total. The fourth-order valence-corrected chi connectivity index (χ4v) is 3.67. The molecule has 8 nitrogen and oxygen atoms in total. The third-order valence-electron chi connectivity index (χ3n) is 3.83. The minimum absolute atomic E-state index is 0.211.